The fraction of sp³-hybridized carbons (Fsp3) is 0.360. The molecule has 0 spiro atoms. The zero-order valence-electron chi connectivity index (χ0n) is 18.6. The van der Waals surface area contributed by atoms with Gasteiger partial charge < -0.3 is 19.9 Å². The number of ether oxygens (including phenoxy) is 1. The Hall–Kier alpha value is -3.60. The lowest BCUT2D eigenvalue weighted by molar-refractivity contribution is 0.0819. The van der Waals surface area contributed by atoms with Crippen molar-refractivity contribution in [2.24, 2.45) is 0 Å². The first-order valence-corrected chi connectivity index (χ1v) is 11.0. The zero-order valence-corrected chi connectivity index (χ0v) is 18.6. The number of urea groups is 1. The summed E-state index contributed by atoms with van der Waals surface area (Å²) < 4.78 is 32.6. The number of fused-ring (bicyclic) bond motifs is 1. The number of anilines is 1. The lowest BCUT2D eigenvalue weighted by Gasteiger charge is -2.30. The van der Waals surface area contributed by atoms with Crippen molar-refractivity contribution in [2.45, 2.75) is 51.6 Å². The maximum Gasteiger partial charge on any atom is 0.319 e. The number of carbonyl (C=O) groups is 1. The number of nitrogens with zero attached hydrogens (tertiary/aromatic N) is 2. The summed E-state index contributed by atoms with van der Waals surface area (Å²) in [4.78, 5) is 12.0. The van der Waals surface area contributed by atoms with Crippen molar-refractivity contribution in [1.82, 2.24) is 9.88 Å². The SMILES string of the molecule is CC(C)NC(=O)Nc1ccc(-c2c(C#N)c3ccc(OCC(F)F)cc3n2C2CCC2)cc1. The fourth-order valence-corrected chi connectivity index (χ4v) is 4.10. The number of rotatable bonds is 7. The van der Waals surface area contributed by atoms with E-state index in [0.29, 0.717) is 17.0 Å². The Kier molecular flexibility index (Phi) is 6.50. The van der Waals surface area contributed by atoms with Crippen molar-refractivity contribution in [3.8, 4) is 23.1 Å². The van der Waals surface area contributed by atoms with Crippen molar-refractivity contribution in [2.75, 3.05) is 11.9 Å². The Morgan fingerprint density at radius 2 is 1.94 bits per heavy atom. The van der Waals surface area contributed by atoms with Gasteiger partial charge in [0.2, 0.25) is 0 Å². The normalized spacial score (nSPS) is 13.7. The van der Waals surface area contributed by atoms with Gasteiger partial charge in [0.05, 0.1) is 16.8 Å². The molecular weight excluding hydrogens is 426 g/mol. The molecule has 0 unspecified atom stereocenters. The number of hydrogen-bond donors (Lipinski definition) is 2. The molecule has 0 aliphatic heterocycles. The van der Waals surface area contributed by atoms with Crippen LogP contribution in [0.3, 0.4) is 0 Å². The maximum atomic E-state index is 12.6. The molecule has 172 valence electrons. The van der Waals surface area contributed by atoms with Crippen molar-refractivity contribution >= 4 is 22.6 Å². The number of alkyl halides is 2. The monoisotopic (exact) mass is 452 g/mol. The first-order chi connectivity index (χ1) is 15.9. The topological polar surface area (TPSA) is 79.1 Å². The molecule has 1 aliphatic carbocycles. The molecule has 2 N–H and O–H groups in total. The van der Waals surface area contributed by atoms with E-state index in [-0.39, 0.29) is 18.1 Å². The minimum atomic E-state index is -2.56. The smallest absolute Gasteiger partial charge is 0.319 e. The van der Waals surface area contributed by atoms with Gasteiger partial charge in [0.1, 0.15) is 18.4 Å². The molecule has 33 heavy (non-hydrogen) atoms. The number of halogens is 2. The van der Waals surface area contributed by atoms with Crippen molar-refractivity contribution in [1.29, 1.82) is 5.26 Å². The van der Waals surface area contributed by atoms with E-state index in [9.17, 15) is 18.8 Å². The third-order valence-corrected chi connectivity index (χ3v) is 5.74. The van der Waals surface area contributed by atoms with Crippen LogP contribution in [0.25, 0.3) is 22.2 Å². The lowest BCUT2D eigenvalue weighted by atomic mass is 9.92. The third-order valence-electron chi connectivity index (χ3n) is 5.74. The van der Waals surface area contributed by atoms with Gasteiger partial charge in [0.15, 0.2) is 0 Å². The van der Waals surface area contributed by atoms with Crippen LogP contribution in [-0.4, -0.2) is 29.7 Å². The second-order valence-electron chi connectivity index (χ2n) is 8.50. The molecule has 2 amide bonds. The molecule has 0 saturated heterocycles. The van der Waals surface area contributed by atoms with Gasteiger partial charge in [-0.2, -0.15) is 5.26 Å². The highest BCUT2D eigenvalue weighted by Crippen LogP contribution is 2.43. The Morgan fingerprint density at radius 3 is 2.52 bits per heavy atom. The van der Waals surface area contributed by atoms with Gasteiger partial charge in [-0.1, -0.05) is 12.1 Å². The Morgan fingerprint density at radius 1 is 1.21 bits per heavy atom. The van der Waals surface area contributed by atoms with Crippen LogP contribution in [0.5, 0.6) is 5.75 Å². The Bertz CT molecular complexity index is 1190. The summed E-state index contributed by atoms with van der Waals surface area (Å²) in [5.74, 6) is 0.354. The van der Waals surface area contributed by atoms with Crippen molar-refractivity contribution in [3.63, 3.8) is 0 Å². The molecule has 1 aromatic heterocycles. The highest BCUT2D eigenvalue weighted by molar-refractivity contribution is 5.96. The average Bonchev–Trinajstić information content (AvgIpc) is 3.04. The van der Waals surface area contributed by atoms with E-state index < -0.39 is 13.0 Å². The van der Waals surface area contributed by atoms with Crippen LogP contribution in [0.15, 0.2) is 42.5 Å². The third kappa shape index (κ3) is 4.77. The summed E-state index contributed by atoms with van der Waals surface area (Å²) in [5.41, 5.74) is 3.62. The predicted molar refractivity (Wildman–Crippen MR) is 124 cm³/mol. The van der Waals surface area contributed by atoms with Gasteiger partial charge in [-0.15, -0.1) is 0 Å². The first-order valence-electron chi connectivity index (χ1n) is 11.0. The van der Waals surface area contributed by atoms with Crippen LogP contribution in [0, 0.1) is 11.3 Å². The molecule has 2 aromatic carbocycles. The van der Waals surface area contributed by atoms with Crippen molar-refractivity contribution in [3.05, 3.63) is 48.0 Å². The second kappa shape index (κ2) is 9.49. The molecule has 1 fully saturated rings. The number of nitriles is 1. The van der Waals surface area contributed by atoms with E-state index >= 15 is 0 Å². The molecule has 0 radical (unpaired) electrons. The van der Waals surface area contributed by atoms with Crippen LogP contribution in [0.1, 0.15) is 44.7 Å². The quantitative estimate of drug-likeness (QED) is 0.456. The molecule has 1 heterocycles. The summed E-state index contributed by atoms with van der Waals surface area (Å²) in [6.07, 6.45) is 0.512. The molecule has 8 heteroatoms. The van der Waals surface area contributed by atoms with Gasteiger partial charge in [-0.25, -0.2) is 13.6 Å². The molecular formula is C25H26F2N4O2. The first kappa shape index (κ1) is 22.6. The summed E-state index contributed by atoms with van der Waals surface area (Å²) >= 11 is 0. The molecule has 0 bridgehead atoms. The van der Waals surface area contributed by atoms with E-state index in [2.05, 4.69) is 21.3 Å². The number of nitrogens with one attached hydrogen (secondary N) is 2. The van der Waals surface area contributed by atoms with E-state index in [1.165, 1.54) is 0 Å². The highest BCUT2D eigenvalue weighted by atomic mass is 19.3. The number of amides is 2. The van der Waals surface area contributed by atoms with Gasteiger partial charge in [-0.3, -0.25) is 0 Å². The predicted octanol–water partition coefficient (Wildman–Crippen LogP) is 6.08. The van der Waals surface area contributed by atoms with Crippen LogP contribution in [-0.2, 0) is 0 Å². The minimum absolute atomic E-state index is 0.0233. The largest absolute Gasteiger partial charge is 0.488 e. The maximum absolute atomic E-state index is 12.6. The molecule has 1 aliphatic rings. The van der Waals surface area contributed by atoms with Crippen LogP contribution >= 0.6 is 0 Å². The number of benzene rings is 2. The standard InChI is InChI=1S/C25H26F2N4O2/c1-15(2)29-25(32)30-17-8-6-16(7-9-17)24-21(13-28)20-11-10-19(33-14-23(26)27)12-22(20)31(24)18-4-3-5-18/h6-12,15,18,23H,3-5,14H2,1-2H3,(H2,29,30,32). The fourth-order valence-electron chi connectivity index (χ4n) is 4.10. The average molecular weight is 453 g/mol. The van der Waals surface area contributed by atoms with Crippen LogP contribution in [0.2, 0.25) is 0 Å². The number of aromatic nitrogens is 1. The lowest BCUT2D eigenvalue weighted by Crippen LogP contribution is -2.34. The van der Waals surface area contributed by atoms with E-state index in [4.69, 9.17) is 4.74 Å². The highest BCUT2D eigenvalue weighted by Gasteiger charge is 2.28. The van der Waals surface area contributed by atoms with Crippen LogP contribution < -0.4 is 15.4 Å². The summed E-state index contributed by atoms with van der Waals surface area (Å²) in [6.45, 7) is 3.09. The number of carbonyl (C=O) groups excluding carboxylic acids is 1. The van der Waals surface area contributed by atoms with Gasteiger partial charge >= 0.3 is 6.03 Å². The van der Waals surface area contributed by atoms with Gasteiger partial charge in [0, 0.05) is 29.2 Å². The van der Waals surface area contributed by atoms with E-state index in [1.807, 2.05) is 26.0 Å². The Labute approximate surface area is 191 Å². The zero-order chi connectivity index (χ0) is 23.5. The van der Waals surface area contributed by atoms with Crippen LogP contribution in [0.4, 0.5) is 19.3 Å². The second-order valence-corrected chi connectivity index (χ2v) is 8.50. The van der Waals surface area contributed by atoms with Gasteiger partial charge in [0.25, 0.3) is 6.43 Å². The van der Waals surface area contributed by atoms with Crippen molar-refractivity contribution < 1.29 is 18.3 Å². The molecule has 4 rings (SSSR count). The van der Waals surface area contributed by atoms with E-state index in [0.717, 1.165) is 41.4 Å². The Balaban J connectivity index is 1.74. The molecule has 3 aromatic rings. The summed E-state index contributed by atoms with van der Waals surface area (Å²) in [7, 11) is 0. The number of hydrogen-bond acceptors (Lipinski definition) is 3. The molecule has 6 nitrogen and oxygen atoms in total. The minimum Gasteiger partial charge on any atom is -0.488 e. The van der Waals surface area contributed by atoms with Gasteiger partial charge in [-0.05, 0) is 62.9 Å². The summed E-state index contributed by atoms with van der Waals surface area (Å²) in [6, 6.07) is 14.8. The van der Waals surface area contributed by atoms with E-state index in [1.54, 1.807) is 30.3 Å². The molecule has 1 saturated carbocycles. The molecule has 0 atom stereocenters. The summed E-state index contributed by atoms with van der Waals surface area (Å²) in [5, 5.41) is 16.4.